The third kappa shape index (κ3) is 5.96. The second kappa shape index (κ2) is 12.6. The number of hydrogen-bond donors (Lipinski definition) is 3. The van der Waals surface area contributed by atoms with E-state index in [9.17, 15) is 13.2 Å². The SMILES string of the molecule is O=C(NNC1c2ccccc2-c2ccccc21)[C@]1(CCS(=O)(=O)c2ccccc2)COC(c2ccc(OCCCO)cc2)=N1. The van der Waals surface area contributed by atoms with Gasteiger partial charge >= 0.3 is 0 Å². The Balaban J connectivity index is 1.25. The number of aliphatic imine (C=N–C) groups is 1. The average molecular weight is 612 g/mol. The van der Waals surface area contributed by atoms with Gasteiger partial charge in [-0.25, -0.2) is 18.8 Å². The van der Waals surface area contributed by atoms with Gasteiger partial charge in [0.05, 0.1) is 23.3 Å². The number of amides is 1. The van der Waals surface area contributed by atoms with E-state index >= 15 is 0 Å². The van der Waals surface area contributed by atoms with Crippen molar-refractivity contribution >= 4 is 21.6 Å². The van der Waals surface area contributed by atoms with E-state index < -0.39 is 21.3 Å². The van der Waals surface area contributed by atoms with Crippen molar-refractivity contribution in [3.8, 4) is 16.9 Å². The fourth-order valence-corrected chi connectivity index (χ4v) is 6.93. The van der Waals surface area contributed by atoms with Crippen LogP contribution in [0.4, 0.5) is 0 Å². The number of ether oxygens (including phenoxy) is 2. The third-order valence-electron chi connectivity index (χ3n) is 7.91. The highest BCUT2D eigenvalue weighted by molar-refractivity contribution is 7.91. The van der Waals surface area contributed by atoms with Crippen molar-refractivity contribution < 1.29 is 27.8 Å². The number of sulfone groups is 1. The molecule has 1 amide bonds. The monoisotopic (exact) mass is 611 g/mol. The highest BCUT2D eigenvalue weighted by Crippen LogP contribution is 2.42. The first kappa shape index (κ1) is 29.6. The van der Waals surface area contributed by atoms with Crippen LogP contribution in [0.1, 0.15) is 35.6 Å². The molecule has 0 unspecified atom stereocenters. The van der Waals surface area contributed by atoms with Crippen LogP contribution in [-0.2, 0) is 19.4 Å². The Morgan fingerprint density at radius 1 is 0.909 bits per heavy atom. The summed E-state index contributed by atoms with van der Waals surface area (Å²) in [5, 5.41) is 8.98. The van der Waals surface area contributed by atoms with Crippen LogP contribution >= 0.6 is 0 Å². The number of aliphatic hydroxyl groups is 1. The van der Waals surface area contributed by atoms with E-state index in [1.165, 1.54) is 0 Å². The topological polar surface area (TPSA) is 126 Å². The van der Waals surface area contributed by atoms with Gasteiger partial charge in [0.1, 0.15) is 12.4 Å². The number of nitrogens with one attached hydrogen (secondary N) is 2. The van der Waals surface area contributed by atoms with Crippen LogP contribution in [0, 0.1) is 0 Å². The number of rotatable bonds is 12. The Morgan fingerprint density at radius 3 is 2.20 bits per heavy atom. The highest BCUT2D eigenvalue weighted by atomic mass is 32.2. The van der Waals surface area contributed by atoms with E-state index in [1.54, 1.807) is 54.6 Å². The summed E-state index contributed by atoms with van der Waals surface area (Å²) in [4.78, 5) is 18.9. The lowest BCUT2D eigenvalue weighted by Crippen LogP contribution is -2.53. The van der Waals surface area contributed by atoms with Gasteiger partial charge in [-0.3, -0.25) is 10.2 Å². The molecule has 4 aromatic rings. The zero-order chi connectivity index (χ0) is 30.6. The summed E-state index contributed by atoms with van der Waals surface area (Å²) in [6, 6.07) is 31.0. The molecule has 6 rings (SSSR count). The summed E-state index contributed by atoms with van der Waals surface area (Å²) >= 11 is 0. The summed E-state index contributed by atoms with van der Waals surface area (Å²) in [6.45, 7) is 0.309. The molecule has 0 saturated carbocycles. The molecule has 1 aliphatic carbocycles. The van der Waals surface area contributed by atoms with Crippen LogP contribution in [0.3, 0.4) is 0 Å². The Bertz CT molecular complexity index is 1730. The molecule has 4 aromatic carbocycles. The Hall–Kier alpha value is -4.51. The molecule has 1 heterocycles. The van der Waals surface area contributed by atoms with Gasteiger partial charge in [-0.1, -0.05) is 66.7 Å². The van der Waals surface area contributed by atoms with Crippen LogP contribution in [-0.4, -0.2) is 56.4 Å². The van der Waals surface area contributed by atoms with Gasteiger partial charge in [-0.05, 0) is 65.1 Å². The highest BCUT2D eigenvalue weighted by Gasteiger charge is 2.45. The van der Waals surface area contributed by atoms with E-state index in [0.29, 0.717) is 24.3 Å². The molecule has 1 atom stereocenters. The number of hydrogen-bond acceptors (Lipinski definition) is 8. The minimum Gasteiger partial charge on any atom is -0.494 e. The smallest absolute Gasteiger partial charge is 0.265 e. The molecule has 2 aliphatic rings. The second-order valence-corrected chi connectivity index (χ2v) is 12.9. The maximum atomic E-state index is 14.0. The predicted octanol–water partition coefficient (Wildman–Crippen LogP) is 4.22. The molecular formula is C34H33N3O6S. The van der Waals surface area contributed by atoms with Gasteiger partial charge in [0, 0.05) is 18.6 Å². The first-order valence-electron chi connectivity index (χ1n) is 14.5. The maximum Gasteiger partial charge on any atom is 0.265 e. The number of carbonyl (C=O) groups is 1. The normalized spacial score (nSPS) is 17.3. The van der Waals surface area contributed by atoms with Crippen molar-refractivity contribution in [2.24, 2.45) is 4.99 Å². The second-order valence-electron chi connectivity index (χ2n) is 10.8. The van der Waals surface area contributed by atoms with E-state index in [0.717, 1.165) is 22.3 Å². The van der Waals surface area contributed by atoms with Gasteiger partial charge in [0.25, 0.3) is 5.91 Å². The van der Waals surface area contributed by atoms with Crippen molar-refractivity contribution in [3.63, 3.8) is 0 Å². The molecule has 0 aromatic heterocycles. The van der Waals surface area contributed by atoms with Gasteiger partial charge in [-0.15, -0.1) is 0 Å². The Kier molecular flexibility index (Phi) is 8.47. The summed E-state index contributed by atoms with van der Waals surface area (Å²) in [7, 11) is -3.69. The number of aliphatic hydroxyl groups excluding tert-OH is 1. The Labute approximate surface area is 256 Å². The molecule has 0 fully saturated rings. The van der Waals surface area contributed by atoms with Crippen molar-refractivity contribution in [1.29, 1.82) is 0 Å². The lowest BCUT2D eigenvalue weighted by atomic mass is 9.97. The molecule has 0 radical (unpaired) electrons. The lowest BCUT2D eigenvalue weighted by Gasteiger charge is -2.25. The van der Waals surface area contributed by atoms with Gasteiger partial charge < -0.3 is 14.6 Å². The largest absolute Gasteiger partial charge is 0.494 e. The van der Waals surface area contributed by atoms with Crippen LogP contribution in [0.15, 0.2) is 113 Å². The first-order chi connectivity index (χ1) is 21.4. The van der Waals surface area contributed by atoms with E-state index in [2.05, 4.69) is 23.0 Å². The minimum absolute atomic E-state index is 0.0431. The molecule has 3 N–H and O–H groups in total. The van der Waals surface area contributed by atoms with Crippen molar-refractivity contribution in [2.45, 2.75) is 29.3 Å². The lowest BCUT2D eigenvalue weighted by molar-refractivity contribution is -0.128. The summed E-state index contributed by atoms with van der Waals surface area (Å²) in [5.74, 6) is 0.0921. The van der Waals surface area contributed by atoms with Crippen LogP contribution in [0.2, 0.25) is 0 Å². The Morgan fingerprint density at radius 2 is 1.55 bits per heavy atom. The molecule has 44 heavy (non-hydrogen) atoms. The summed E-state index contributed by atoms with van der Waals surface area (Å²) in [6.07, 6.45) is 0.439. The van der Waals surface area contributed by atoms with Crippen LogP contribution in [0.5, 0.6) is 5.75 Å². The quantitative estimate of drug-likeness (QED) is 0.162. The molecule has 9 nitrogen and oxygen atoms in total. The molecule has 10 heteroatoms. The predicted molar refractivity (Wildman–Crippen MR) is 167 cm³/mol. The molecular weight excluding hydrogens is 578 g/mol. The minimum atomic E-state index is -3.69. The fraction of sp³-hybridized carbons (Fsp3) is 0.235. The first-order valence-corrected chi connectivity index (χ1v) is 16.1. The zero-order valence-electron chi connectivity index (χ0n) is 24.0. The maximum absolute atomic E-state index is 14.0. The van der Waals surface area contributed by atoms with Crippen LogP contribution < -0.4 is 15.6 Å². The van der Waals surface area contributed by atoms with Gasteiger partial charge in [0.2, 0.25) is 5.90 Å². The molecule has 0 bridgehead atoms. The number of fused-ring (bicyclic) bond motifs is 3. The van der Waals surface area contributed by atoms with Crippen molar-refractivity contribution in [3.05, 3.63) is 120 Å². The van der Waals surface area contributed by atoms with E-state index in [1.807, 2.05) is 36.4 Å². The van der Waals surface area contributed by atoms with E-state index in [4.69, 9.17) is 19.6 Å². The van der Waals surface area contributed by atoms with Crippen molar-refractivity contribution in [2.75, 3.05) is 25.6 Å². The van der Waals surface area contributed by atoms with E-state index in [-0.39, 0.29) is 42.2 Å². The molecule has 1 aliphatic heterocycles. The standard InChI is InChI=1S/C34H33N3O6S/c38-20-8-21-42-25-17-15-24(16-18-25)32-35-34(23-43-32,19-22-44(40,41)26-9-2-1-3-10-26)33(39)37-36-31-29-13-6-4-11-27(29)28-12-5-7-14-30(28)31/h1-7,9-18,31,36,38H,8,19-23H2,(H,37,39)/t34-/m0/s1. The molecule has 0 spiro atoms. The number of nitrogens with zero attached hydrogens (tertiary/aromatic N) is 1. The van der Waals surface area contributed by atoms with Gasteiger partial charge in [-0.2, -0.15) is 0 Å². The number of carbonyl (C=O) groups excluding carboxylic acids is 1. The van der Waals surface area contributed by atoms with Crippen LogP contribution in [0.25, 0.3) is 11.1 Å². The molecule has 0 saturated heterocycles. The molecule has 226 valence electrons. The number of benzene rings is 4. The zero-order valence-corrected chi connectivity index (χ0v) is 24.8. The fourth-order valence-electron chi connectivity index (χ4n) is 5.51. The van der Waals surface area contributed by atoms with Crippen molar-refractivity contribution in [1.82, 2.24) is 10.9 Å². The van der Waals surface area contributed by atoms with Gasteiger partial charge in [0.15, 0.2) is 15.4 Å². The summed E-state index contributed by atoms with van der Waals surface area (Å²) < 4.78 is 38.0. The summed E-state index contributed by atoms with van der Waals surface area (Å²) in [5.41, 5.74) is 9.45. The number of hydrazine groups is 1. The average Bonchev–Trinajstić information content (AvgIpc) is 3.64. The third-order valence-corrected chi connectivity index (χ3v) is 9.64.